The number of imide groups is 2. The van der Waals surface area contributed by atoms with Crippen molar-refractivity contribution in [1.82, 2.24) is 5.32 Å². The second-order valence-corrected chi connectivity index (χ2v) is 7.54. The van der Waals surface area contributed by atoms with E-state index in [1.165, 1.54) is 6.08 Å². The van der Waals surface area contributed by atoms with Gasteiger partial charge in [-0.25, -0.2) is 9.69 Å². The van der Waals surface area contributed by atoms with Crippen LogP contribution >= 0.6 is 38.5 Å². The van der Waals surface area contributed by atoms with E-state index in [1.807, 2.05) is 19.1 Å². The third kappa shape index (κ3) is 3.67. The van der Waals surface area contributed by atoms with Gasteiger partial charge in [-0.15, -0.1) is 0 Å². The Kier molecular flexibility index (Phi) is 5.05. The maximum Gasteiger partial charge on any atom is 0.335 e. The molecule has 0 atom stereocenters. The van der Waals surface area contributed by atoms with E-state index in [2.05, 4.69) is 43.8 Å². The lowest BCUT2D eigenvalue weighted by molar-refractivity contribution is -0.122. The maximum absolute atomic E-state index is 12.8. The van der Waals surface area contributed by atoms with E-state index in [0.717, 1.165) is 18.5 Å². The molecule has 3 rings (SSSR count). The first kappa shape index (κ1) is 17.8. The molecule has 0 saturated carbocycles. The molecule has 0 aliphatic carbocycles. The zero-order valence-corrected chi connectivity index (χ0v) is 16.8. The molecule has 0 radical (unpaired) electrons. The number of benzene rings is 2. The minimum Gasteiger partial charge on any atom is -0.273 e. The van der Waals surface area contributed by atoms with Gasteiger partial charge in [0, 0.05) is 8.04 Å². The van der Waals surface area contributed by atoms with Crippen LogP contribution < -0.4 is 10.2 Å². The summed E-state index contributed by atoms with van der Waals surface area (Å²) in [5.41, 5.74) is 1.91. The van der Waals surface area contributed by atoms with E-state index in [1.54, 1.807) is 30.3 Å². The van der Waals surface area contributed by atoms with Gasteiger partial charge in [-0.1, -0.05) is 28.1 Å². The molecule has 5 nitrogen and oxygen atoms in total. The Bertz CT molecular complexity index is 922. The standard InChI is InChI=1S/C18H12BrIN2O3/c1-10-8-13(6-7-15(10)19)22-17(24)14(16(23)21-18(22)25)9-11-2-4-12(20)5-3-11/h2-9H,1H3,(H,21,23,25)/b14-9+. The fourth-order valence-corrected chi connectivity index (χ4v) is 2.99. The number of anilines is 1. The summed E-state index contributed by atoms with van der Waals surface area (Å²) in [6, 6.07) is 11.7. The van der Waals surface area contributed by atoms with Gasteiger partial charge in [0.05, 0.1) is 5.69 Å². The quantitative estimate of drug-likeness (QED) is 0.377. The molecule has 0 unspecified atom stereocenters. The van der Waals surface area contributed by atoms with Crippen LogP contribution in [-0.4, -0.2) is 17.8 Å². The second kappa shape index (κ2) is 7.09. The van der Waals surface area contributed by atoms with Gasteiger partial charge in [0.15, 0.2) is 0 Å². The molecule has 1 aliphatic rings. The molecule has 2 aromatic rings. The van der Waals surface area contributed by atoms with Gasteiger partial charge in [0.2, 0.25) is 0 Å². The topological polar surface area (TPSA) is 66.5 Å². The number of hydrogen-bond donors (Lipinski definition) is 1. The van der Waals surface area contributed by atoms with Crippen molar-refractivity contribution in [2.24, 2.45) is 0 Å². The summed E-state index contributed by atoms with van der Waals surface area (Å²) in [7, 11) is 0. The number of hydrogen-bond acceptors (Lipinski definition) is 3. The van der Waals surface area contributed by atoms with E-state index < -0.39 is 17.8 Å². The molecule has 4 amide bonds. The molecule has 0 bridgehead atoms. The van der Waals surface area contributed by atoms with Crippen molar-refractivity contribution in [1.29, 1.82) is 0 Å². The van der Waals surface area contributed by atoms with Crippen LogP contribution in [0, 0.1) is 10.5 Å². The zero-order chi connectivity index (χ0) is 18.1. The molecule has 1 saturated heterocycles. The van der Waals surface area contributed by atoms with Crippen molar-refractivity contribution in [3.8, 4) is 0 Å². The first-order chi connectivity index (χ1) is 11.9. The lowest BCUT2D eigenvalue weighted by Crippen LogP contribution is -2.54. The number of aryl methyl sites for hydroxylation is 1. The van der Waals surface area contributed by atoms with Crippen molar-refractivity contribution < 1.29 is 14.4 Å². The first-order valence-electron chi connectivity index (χ1n) is 7.30. The van der Waals surface area contributed by atoms with E-state index in [0.29, 0.717) is 11.3 Å². The molecule has 25 heavy (non-hydrogen) atoms. The van der Waals surface area contributed by atoms with E-state index in [-0.39, 0.29) is 5.57 Å². The van der Waals surface area contributed by atoms with Crippen LogP contribution in [0.1, 0.15) is 11.1 Å². The highest BCUT2D eigenvalue weighted by molar-refractivity contribution is 14.1. The fourth-order valence-electron chi connectivity index (χ4n) is 2.39. The summed E-state index contributed by atoms with van der Waals surface area (Å²) in [5.74, 6) is -1.34. The first-order valence-corrected chi connectivity index (χ1v) is 9.17. The van der Waals surface area contributed by atoms with Gasteiger partial charge in [0.1, 0.15) is 5.57 Å². The lowest BCUT2D eigenvalue weighted by atomic mass is 10.1. The summed E-state index contributed by atoms with van der Waals surface area (Å²) < 4.78 is 1.91. The molecule has 1 N–H and O–H groups in total. The van der Waals surface area contributed by atoms with Crippen molar-refractivity contribution in [3.05, 3.63) is 67.2 Å². The summed E-state index contributed by atoms with van der Waals surface area (Å²) in [6.07, 6.45) is 1.49. The molecule has 1 fully saturated rings. The summed E-state index contributed by atoms with van der Waals surface area (Å²) >= 11 is 5.56. The predicted octanol–water partition coefficient (Wildman–Crippen LogP) is 4.03. The van der Waals surface area contributed by atoms with Gasteiger partial charge in [0.25, 0.3) is 11.8 Å². The second-order valence-electron chi connectivity index (χ2n) is 5.44. The summed E-state index contributed by atoms with van der Waals surface area (Å²) in [4.78, 5) is 38.1. The monoisotopic (exact) mass is 510 g/mol. The molecule has 126 valence electrons. The van der Waals surface area contributed by atoms with Crippen molar-refractivity contribution in [2.75, 3.05) is 4.90 Å². The SMILES string of the molecule is Cc1cc(N2C(=O)NC(=O)/C(=C\c3ccc(I)cc3)C2=O)ccc1Br. The molecule has 0 aromatic heterocycles. The molecule has 1 heterocycles. The van der Waals surface area contributed by atoms with E-state index in [9.17, 15) is 14.4 Å². The number of rotatable bonds is 2. The number of barbiturate groups is 1. The molecule has 7 heteroatoms. The van der Waals surface area contributed by atoms with Gasteiger partial charge >= 0.3 is 6.03 Å². The number of carbonyl (C=O) groups is 3. The number of carbonyl (C=O) groups excluding carboxylic acids is 3. The van der Waals surface area contributed by atoms with Crippen LogP contribution in [-0.2, 0) is 9.59 Å². The number of halogens is 2. The number of urea groups is 1. The van der Waals surface area contributed by atoms with Crippen LogP contribution in [0.25, 0.3) is 6.08 Å². The van der Waals surface area contributed by atoms with Crippen LogP contribution in [0.15, 0.2) is 52.5 Å². The fraction of sp³-hybridized carbons (Fsp3) is 0.0556. The number of nitrogens with zero attached hydrogens (tertiary/aromatic N) is 1. The highest BCUT2D eigenvalue weighted by atomic mass is 127. The Labute approximate surface area is 166 Å². The Morgan fingerprint density at radius 1 is 1.08 bits per heavy atom. The molecular formula is C18H12BrIN2O3. The average molecular weight is 511 g/mol. The smallest absolute Gasteiger partial charge is 0.273 e. The van der Waals surface area contributed by atoms with E-state index >= 15 is 0 Å². The van der Waals surface area contributed by atoms with Crippen LogP contribution in [0.4, 0.5) is 10.5 Å². The van der Waals surface area contributed by atoms with Crippen LogP contribution in [0.5, 0.6) is 0 Å². The lowest BCUT2D eigenvalue weighted by Gasteiger charge is -2.26. The van der Waals surface area contributed by atoms with Gasteiger partial charge < -0.3 is 0 Å². The third-order valence-electron chi connectivity index (χ3n) is 3.68. The Morgan fingerprint density at radius 2 is 1.76 bits per heavy atom. The molecule has 2 aromatic carbocycles. The number of amides is 4. The average Bonchev–Trinajstić information content (AvgIpc) is 2.56. The zero-order valence-electron chi connectivity index (χ0n) is 13.0. The van der Waals surface area contributed by atoms with Gasteiger partial charge in [-0.2, -0.15) is 0 Å². The molecular weight excluding hydrogens is 499 g/mol. The van der Waals surface area contributed by atoms with Crippen LogP contribution in [0.2, 0.25) is 0 Å². The van der Waals surface area contributed by atoms with Crippen LogP contribution in [0.3, 0.4) is 0 Å². The van der Waals surface area contributed by atoms with Gasteiger partial charge in [-0.3, -0.25) is 14.9 Å². The largest absolute Gasteiger partial charge is 0.335 e. The van der Waals surface area contributed by atoms with Crippen molar-refractivity contribution >= 4 is 68.1 Å². The Balaban J connectivity index is 2.02. The van der Waals surface area contributed by atoms with Crippen molar-refractivity contribution in [3.63, 3.8) is 0 Å². The maximum atomic E-state index is 12.8. The minimum atomic E-state index is -0.753. The summed E-state index contributed by atoms with van der Waals surface area (Å²) in [6.45, 7) is 1.85. The highest BCUT2D eigenvalue weighted by Crippen LogP contribution is 2.26. The predicted molar refractivity (Wildman–Crippen MR) is 107 cm³/mol. The third-order valence-corrected chi connectivity index (χ3v) is 5.29. The molecule has 0 spiro atoms. The Hall–Kier alpha value is -2.00. The van der Waals surface area contributed by atoms with E-state index in [4.69, 9.17) is 0 Å². The number of nitrogens with one attached hydrogen (secondary N) is 1. The Morgan fingerprint density at radius 3 is 2.40 bits per heavy atom. The molecule has 1 aliphatic heterocycles. The summed E-state index contributed by atoms with van der Waals surface area (Å²) in [5, 5.41) is 2.22. The normalized spacial score (nSPS) is 16.4. The highest BCUT2D eigenvalue weighted by Gasteiger charge is 2.36. The van der Waals surface area contributed by atoms with Gasteiger partial charge in [-0.05, 0) is 77.0 Å². The van der Waals surface area contributed by atoms with Crippen molar-refractivity contribution in [2.45, 2.75) is 6.92 Å². The minimum absolute atomic E-state index is 0.0821.